The Kier molecular flexibility index (Phi) is 9.08. The first-order chi connectivity index (χ1) is 13.9. The van der Waals surface area contributed by atoms with Crippen LogP contribution in [0, 0.1) is 0 Å². The minimum atomic E-state index is -0.651. The number of benzene rings is 2. The normalized spacial score (nSPS) is 10.2. The third-order valence-corrected chi connectivity index (χ3v) is 4.64. The van der Waals surface area contributed by atoms with Crippen LogP contribution in [0.1, 0.15) is 5.56 Å². The van der Waals surface area contributed by atoms with Crippen LogP contribution in [-0.4, -0.2) is 45.9 Å². The Morgan fingerprint density at radius 2 is 1.72 bits per heavy atom. The molecule has 0 bridgehead atoms. The number of rotatable bonds is 10. The van der Waals surface area contributed by atoms with Gasteiger partial charge in [0.25, 0.3) is 5.91 Å². The predicted octanol–water partition coefficient (Wildman–Crippen LogP) is 3.40. The summed E-state index contributed by atoms with van der Waals surface area (Å²) in [5, 5.41) is 3.23. The number of halogens is 2. The molecule has 0 atom stereocenters. The van der Waals surface area contributed by atoms with E-state index in [2.05, 4.69) is 21.2 Å². The highest BCUT2D eigenvalue weighted by molar-refractivity contribution is 9.10. The Labute approximate surface area is 182 Å². The van der Waals surface area contributed by atoms with E-state index >= 15 is 0 Å². The van der Waals surface area contributed by atoms with Gasteiger partial charge in [-0.15, -0.1) is 0 Å². The van der Waals surface area contributed by atoms with E-state index < -0.39 is 11.9 Å². The average molecular weight is 487 g/mol. The average Bonchev–Trinajstić information content (AvgIpc) is 2.71. The molecule has 0 aliphatic carbocycles. The number of carbonyl (C=O) groups is 2. The van der Waals surface area contributed by atoms with E-state index in [4.69, 9.17) is 30.5 Å². The lowest BCUT2D eigenvalue weighted by Gasteiger charge is -2.10. The molecule has 0 radical (unpaired) electrons. The summed E-state index contributed by atoms with van der Waals surface area (Å²) in [5.74, 6) is 0.664. The van der Waals surface area contributed by atoms with Crippen LogP contribution in [0.5, 0.6) is 17.2 Å². The third-order valence-electron chi connectivity index (χ3n) is 3.79. The molecule has 29 heavy (non-hydrogen) atoms. The molecule has 0 aliphatic rings. The Morgan fingerprint density at radius 3 is 2.41 bits per heavy atom. The van der Waals surface area contributed by atoms with Crippen molar-refractivity contribution in [3.05, 3.63) is 51.5 Å². The van der Waals surface area contributed by atoms with Crippen molar-refractivity contribution < 1.29 is 28.5 Å². The van der Waals surface area contributed by atoms with E-state index in [1.165, 1.54) is 0 Å². The number of hydrogen-bond acceptors (Lipinski definition) is 6. The van der Waals surface area contributed by atoms with Crippen LogP contribution in [0.15, 0.2) is 40.9 Å². The number of nitrogens with one attached hydrogen (secondary N) is 1. The van der Waals surface area contributed by atoms with Crippen LogP contribution >= 0.6 is 27.5 Å². The molecule has 1 amide bonds. The molecule has 7 nitrogen and oxygen atoms in total. The molecule has 2 aromatic carbocycles. The van der Waals surface area contributed by atoms with Gasteiger partial charge in [0.15, 0.2) is 24.7 Å². The summed E-state index contributed by atoms with van der Waals surface area (Å²) in [5.41, 5.74) is 0.974. The Morgan fingerprint density at radius 1 is 1.00 bits per heavy atom. The highest BCUT2D eigenvalue weighted by atomic mass is 79.9. The number of carbonyl (C=O) groups excluding carboxylic acids is 2. The van der Waals surface area contributed by atoms with Crippen LogP contribution in [0.25, 0.3) is 0 Å². The molecule has 0 spiro atoms. The van der Waals surface area contributed by atoms with Crippen LogP contribution in [0.2, 0.25) is 5.02 Å². The second-order valence-corrected chi connectivity index (χ2v) is 7.10. The van der Waals surface area contributed by atoms with Crippen molar-refractivity contribution in [1.29, 1.82) is 0 Å². The van der Waals surface area contributed by atoms with E-state index in [-0.39, 0.29) is 13.2 Å². The lowest BCUT2D eigenvalue weighted by molar-refractivity contribution is -0.150. The minimum Gasteiger partial charge on any atom is -0.493 e. The molecule has 2 aromatic rings. The van der Waals surface area contributed by atoms with Crippen LogP contribution < -0.4 is 19.5 Å². The maximum atomic E-state index is 11.8. The zero-order valence-electron chi connectivity index (χ0n) is 16.0. The second kappa shape index (κ2) is 11.5. The smallest absolute Gasteiger partial charge is 0.344 e. The number of esters is 1. The van der Waals surface area contributed by atoms with Crippen molar-refractivity contribution in [2.75, 3.05) is 34.0 Å². The fraction of sp³-hybridized carbons (Fsp3) is 0.300. The van der Waals surface area contributed by atoms with Gasteiger partial charge in [0.1, 0.15) is 5.75 Å². The largest absolute Gasteiger partial charge is 0.493 e. The van der Waals surface area contributed by atoms with Crippen molar-refractivity contribution in [1.82, 2.24) is 5.32 Å². The summed E-state index contributed by atoms with van der Waals surface area (Å²) in [6.07, 6.45) is 0.591. The molecule has 0 heterocycles. The van der Waals surface area contributed by atoms with Gasteiger partial charge in [-0.3, -0.25) is 4.79 Å². The minimum absolute atomic E-state index is 0.320. The standard InChI is InChI=1S/C20H21BrClNO6/c1-26-17-5-3-13(9-18(17)27-2)7-8-23-19(24)11-29-20(25)12-28-16-6-4-14(22)10-15(16)21/h3-6,9-10H,7-8,11-12H2,1-2H3,(H,23,24). The molecule has 0 saturated carbocycles. The second-order valence-electron chi connectivity index (χ2n) is 5.81. The lowest BCUT2D eigenvalue weighted by Crippen LogP contribution is -2.31. The Bertz CT molecular complexity index is 861. The third kappa shape index (κ3) is 7.47. The predicted molar refractivity (Wildman–Crippen MR) is 112 cm³/mol. The highest BCUT2D eigenvalue weighted by Gasteiger charge is 2.10. The molecule has 2 rings (SSSR count). The van der Waals surface area contributed by atoms with Gasteiger partial charge in [0.05, 0.1) is 18.7 Å². The summed E-state index contributed by atoms with van der Waals surface area (Å²) < 4.78 is 21.3. The maximum absolute atomic E-state index is 11.8. The first-order valence-corrected chi connectivity index (χ1v) is 9.81. The molecular formula is C20H21BrClNO6. The number of amides is 1. The zero-order chi connectivity index (χ0) is 21.2. The van der Waals surface area contributed by atoms with Gasteiger partial charge in [-0.25, -0.2) is 4.79 Å². The van der Waals surface area contributed by atoms with Crippen LogP contribution in [0.4, 0.5) is 0 Å². The summed E-state index contributed by atoms with van der Waals surface area (Å²) in [4.78, 5) is 23.6. The van der Waals surface area contributed by atoms with Crippen molar-refractivity contribution in [2.45, 2.75) is 6.42 Å². The van der Waals surface area contributed by atoms with Crippen molar-refractivity contribution in [3.63, 3.8) is 0 Å². The molecule has 0 fully saturated rings. The molecule has 0 unspecified atom stereocenters. The fourth-order valence-corrected chi connectivity index (χ4v) is 3.15. The molecule has 0 aromatic heterocycles. The van der Waals surface area contributed by atoms with E-state index in [1.54, 1.807) is 38.5 Å². The fourth-order valence-electron chi connectivity index (χ4n) is 2.35. The topological polar surface area (TPSA) is 83.1 Å². The van der Waals surface area contributed by atoms with Gasteiger partial charge in [-0.05, 0) is 58.2 Å². The summed E-state index contributed by atoms with van der Waals surface area (Å²) >= 11 is 9.12. The quantitative estimate of drug-likeness (QED) is 0.518. The lowest BCUT2D eigenvalue weighted by atomic mass is 10.1. The van der Waals surface area contributed by atoms with Gasteiger partial charge >= 0.3 is 5.97 Å². The first kappa shape index (κ1) is 22.8. The molecule has 0 saturated heterocycles. The zero-order valence-corrected chi connectivity index (χ0v) is 18.3. The number of ether oxygens (including phenoxy) is 4. The Balaban J connectivity index is 1.68. The van der Waals surface area contributed by atoms with Crippen molar-refractivity contribution >= 4 is 39.4 Å². The van der Waals surface area contributed by atoms with Crippen molar-refractivity contribution in [2.24, 2.45) is 0 Å². The molecule has 1 N–H and O–H groups in total. The molecule has 156 valence electrons. The number of methoxy groups -OCH3 is 2. The first-order valence-electron chi connectivity index (χ1n) is 8.64. The highest BCUT2D eigenvalue weighted by Crippen LogP contribution is 2.28. The molecule has 0 aliphatic heterocycles. The van der Waals surface area contributed by atoms with Gasteiger partial charge < -0.3 is 24.3 Å². The number of hydrogen-bond donors (Lipinski definition) is 1. The SMILES string of the molecule is COc1ccc(CCNC(=O)COC(=O)COc2ccc(Cl)cc2Br)cc1OC. The van der Waals surface area contributed by atoms with Gasteiger partial charge in [0, 0.05) is 11.6 Å². The van der Waals surface area contributed by atoms with Gasteiger partial charge in [0.2, 0.25) is 0 Å². The van der Waals surface area contributed by atoms with Crippen LogP contribution in [0.3, 0.4) is 0 Å². The van der Waals surface area contributed by atoms with E-state index in [9.17, 15) is 9.59 Å². The van der Waals surface area contributed by atoms with Gasteiger partial charge in [-0.2, -0.15) is 0 Å². The van der Waals surface area contributed by atoms with E-state index in [0.717, 1.165) is 5.56 Å². The molecule has 9 heteroatoms. The van der Waals surface area contributed by atoms with E-state index in [0.29, 0.717) is 39.7 Å². The monoisotopic (exact) mass is 485 g/mol. The van der Waals surface area contributed by atoms with E-state index in [1.807, 2.05) is 12.1 Å². The van der Waals surface area contributed by atoms with Gasteiger partial charge in [-0.1, -0.05) is 17.7 Å². The molecular weight excluding hydrogens is 466 g/mol. The summed E-state index contributed by atoms with van der Waals surface area (Å²) in [7, 11) is 3.13. The van der Waals surface area contributed by atoms with Crippen LogP contribution in [-0.2, 0) is 20.7 Å². The Hall–Kier alpha value is -2.45. The summed E-state index contributed by atoms with van der Waals surface area (Å²) in [6, 6.07) is 10.4. The maximum Gasteiger partial charge on any atom is 0.344 e. The summed E-state index contributed by atoms with van der Waals surface area (Å²) in [6.45, 7) is -0.310. The van der Waals surface area contributed by atoms with Crippen molar-refractivity contribution in [3.8, 4) is 17.2 Å².